The van der Waals surface area contributed by atoms with E-state index < -0.39 is 0 Å². The van der Waals surface area contributed by atoms with Gasteiger partial charge < -0.3 is 39.9 Å². The molecule has 2 fully saturated rings. The number of halogens is 4. The third-order valence-corrected chi connectivity index (χ3v) is 12.1. The fourth-order valence-electron chi connectivity index (χ4n) is 7.47. The van der Waals surface area contributed by atoms with Crippen LogP contribution in [0.5, 0.6) is 11.5 Å². The molecule has 0 radical (unpaired) electrons. The minimum Gasteiger partial charge on any atom is -0.482 e. The Hall–Kier alpha value is -5.40. The SMILES string of the molecule is Cc1nc(N2CCC(N(C)C)CC2)nc2ncc(NC(=O)COc3ccc(Cl)cc3Cl)cc12.Cc1nc(N2CCN(CCO)CC2)nc2ncc(NC(=O)COc3ccc(Cl)cc3Cl)cc12. The Morgan fingerprint density at radius 3 is 1.56 bits per heavy atom. The predicted molar refractivity (Wildman–Crippen MR) is 260 cm³/mol. The number of carbonyl (C=O) groups is 2. The molecule has 2 aromatic carbocycles. The van der Waals surface area contributed by atoms with E-state index >= 15 is 0 Å². The van der Waals surface area contributed by atoms with Gasteiger partial charge in [0.25, 0.3) is 11.8 Å². The topological polar surface area (TPSA) is 187 Å². The van der Waals surface area contributed by atoms with Crippen molar-refractivity contribution in [2.45, 2.75) is 32.7 Å². The average Bonchev–Trinajstić information content (AvgIpc) is 3.29. The second-order valence-corrected chi connectivity index (χ2v) is 17.7. The Morgan fingerprint density at radius 1 is 0.682 bits per heavy atom. The molecule has 0 unspecified atom stereocenters. The van der Waals surface area contributed by atoms with Gasteiger partial charge in [-0.1, -0.05) is 46.4 Å². The van der Waals surface area contributed by atoms with Crippen molar-refractivity contribution in [3.63, 3.8) is 0 Å². The Balaban J connectivity index is 0.000000196. The van der Waals surface area contributed by atoms with Crippen molar-refractivity contribution < 1.29 is 24.2 Å². The molecule has 0 saturated carbocycles. The van der Waals surface area contributed by atoms with Crippen molar-refractivity contribution >= 4 is 104 Å². The number of aryl methyl sites for hydroxylation is 2. The van der Waals surface area contributed by atoms with Crippen LogP contribution >= 0.6 is 46.4 Å². The van der Waals surface area contributed by atoms with Crippen LogP contribution in [0.3, 0.4) is 0 Å². The second-order valence-electron chi connectivity index (χ2n) is 16.0. The molecule has 0 spiro atoms. The first-order valence-electron chi connectivity index (χ1n) is 21.3. The molecule has 2 amide bonds. The summed E-state index contributed by atoms with van der Waals surface area (Å²) in [6, 6.07) is 13.8. The number of hydrogen-bond donors (Lipinski definition) is 3. The smallest absolute Gasteiger partial charge is 0.262 e. The van der Waals surface area contributed by atoms with E-state index in [9.17, 15) is 9.59 Å². The van der Waals surface area contributed by atoms with Gasteiger partial charge in [-0.25, -0.2) is 19.9 Å². The molecule has 6 heterocycles. The van der Waals surface area contributed by atoms with Crippen LogP contribution in [0.1, 0.15) is 24.2 Å². The van der Waals surface area contributed by atoms with Gasteiger partial charge in [0.05, 0.1) is 51.8 Å². The highest BCUT2D eigenvalue weighted by atomic mass is 35.5. The maximum atomic E-state index is 12.3. The van der Waals surface area contributed by atoms with Gasteiger partial charge in [0.15, 0.2) is 24.5 Å². The van der Waals surface area contributed by atoms with Gasteiger partial charge in [0.1, 0.15) is 11.5 Å². The first-order chi connectivity index (χ1) is 31.7. The van der Waals surface area contributed by atoms with Crippen LogP contribution in [0.4, 0.5) is 23.3 Å². The molecule has 0 aliphatic carbocycles. The van der Waals surface area contributed by atoms with Gasteiger partial charge in [-0.2, -0.15) is 9.97 Å². The normalized spacial score (nSPS) is 14.6. The number of nitrogens with zero attached hydrogens (tertiary/aromatic N) is 10. The van der Waals surface area contributed by atoms with Gasteiger partial charge in [0, 0.05) is 72.7 Å². The lowest BCUT2D eigenvalue weighted by atomic mass is 10.0. The molecule has 21 heteroatoms. The number of anilines is 4. The zero-order valence-corrected chi connectivity index (χ0v) is 39.9. The standard InChI is InChI=1S/C23H26Cl2N6O2.C22H24Cl2N6O3/c1-14-18-11-16(28-21(32)13-33-20-5-4-15(24)10-19(20)25)12-26-22(18)29-23(27-14)31-8-6-17(7-9-31)30(2)3;1-14-17-11-16(27-20(32)13-33-19-3-2-15(23)10-18(19)24)12-25-21(17)28-22(26-14)30-6-4-29(5-7-30)8-9-31/h4-5,10-12,17H,6-9,13H2,1-3H3,(H,28,32);2-3,10-12,31H,4-9,13H2,1H3,(H,27,32). The number of nitrogens with one attached hydrogen (secondary N) is 2. The summed E-state index contributed by atoms with van der Waals surface area (Å²) in [6.45, 7) is 9.37. The summed E-state index contributed by atoms with van der Waals surface area (Å²) < 4.78 is 11.0. The number of amides is 2. The monoisotopic (exact) mass is 978 g/mol. The van der Waals surface area contributed by atoms with Crippen molar-refractivity contribution in [1.29, 1.82) is 0 Å². The van der Waals surface area contributed by atoms with Gasteiger partial charge in [0.2, 0.25) is 11.9 Å². The van der Waals surface area contributed by atoms with E-state index in [0.29, 0.717) is 78.7 Å². The number of piperidine rings is 1. The number of rotatable bonds is 13. The van der Waals surface area contributed by atoms with Crippen molar-refractivity contribution in [3.8, 4) is 11.5 Å². The first kappa shape index (κ1) is 48.5. The van der Waals surface area contributed by atoms with Crippen LogP contribution in [0.2, 0.25) is 20.1 Å². The number of benzene rings is 2. The van der Waals surface area contributed by atoms with E-state index in [-0.39, 0.29) is 31.6 Å². The summed E-state index contributed by atoms with van der Waals surface area (Å²) in [4.78, 5) is 61.0. The molecule has 4 aromatic heterocycles. The number of fused-ring (bicyclic) bond motifs is 2. The van der Waals surface area contributed by atoms with Crippen LogP contribution in [0.15, 0.2) is 60.9 Å². The zero-order valence-electron chi connectivity index (χ0n) is 36.9. The molecule has 2 aliphatic heterocycles. The molecular formula is C45H50Cl4N12O5. The van der Waals surface area contributed by atoms with E-state index in [4.69, 9.17) is 66.0 Å². The molecule has 2 aliphatic rings. The lowest BCUT2D eigenvalue weighted by molar-refractivity contribution is -0.118. The maximum Gasteiger partial charge on any atom is 0.262 e. The molecule has 6 aromatic rings. The minimum absolute atomic E-state index is 0.162. The van der Waals surface area contributed by atoms with Crippen molar-refractivity contribution in [2.75, 3.05) is 100 Å². The predicted octanol–water partition coefficient (Wildman–Crippen LogP) is 6.96. The van der Waals surface area contributed by atoms with Gasteiger partial charge in [-0.3, -0.25) is 14.5 Å². The first-order valence-corrected chi connectivity index (χ1v) is 22.8. The fraction of sp³-hybridized carbons (Fsp3) is 0.378. The number of aliphatic hydroxyl groups is 1. The number of aliphatic hydroxyl groups excluding tert-OH is 1. The number of piperazine rings is 1. The molecule has 3 N–H and O–H groups in total. The number of pyridine rings is 2. The number of ether oxygens (including phenoxy) is 2. The summed E-state index contributed by atoms with van der Waals surface area (Å²) in [5.74, 6) is 1.43. The maximum absolute atomic E-state index is 12.3. The highest BCUT2D eigenvalue weighted by Crippen LogP contribution is 2.30. The number of hydrogen-bond acceptors (Lipinski definition) is 15. The van der Waals surface area contributed by atoms with E-state index in [0.717, 1.165) is 74.3 Å². The Bertz CT molecular complexity index is 2680. The van der Waals surface area contributed by atoms with Crippen LogP contribution in [0.25, 0.3) is 22.1 Å². The van der Waals surface area contributed by atoms with E-state index in [1.807, 2.05) is 19.9 Å². The summed E-state index contributed by atoms with van der Waals surface area (Å²) >= 11 is 23.9. The zero-order chi connectivity index (χ0) is 46.9. The molecule has 66 heavy (non-hydrogen) atoms. The summed E-state index contributed by atoms with van der Waals surface area (Å²) in [5.41, 5.74) is 3.84. The molecule has 0 bridgehead atoms. The second kappa shape index (κ2) is 22.4. The highest BCUT2D eigenvalue weighted by molar-refractivity contribution is 6.36. The molecule has 348 valence electrons. The van der Waals surface area contributed by atoms with Gasteiger partial charge in [-0.05, 0) is 89.3 Å². The molecule has 0 atom stereocenters. The molecular weight excluding hydrogens is 930 g/mol. The lowest BCUT2D eigenvalue weighted by Gasteiger charge is -2.35. The average molecular weight is 981 g/mol. The van der Waals surface area contributed by atoms with E-state index in [2.05, 4.69) is 69.2 Å². The van der Waals surface area contributed by atoms with Crippen LogP contribution < -0.4 is 29.9 Å². The summed E-state index contributed by atoms with van der Waals surface area (Å²) in [6.07, 6.45) is 5.30. The Kier molecular flexibility index (Phi) is 16.5. The summed E-state index contributed by atoms with van der Waals surface area (Å²) in [5, 5.41) is 17.9. The van der Waals surface area contributed by atoms with E-state index in [1.165, 1.54) is 0 Å². The Morgan fingerprint density at radius 2 is 1.14 bits per heavy atom. The number of aromatic nitrogens is 6. The molecule has 2 saturated heterocycles. The van der Waals surface area contributed by atoms with E-state index in [1.54, 1.807) is 54.9 Å². The third-order valence-electron chi connectivity index (χ3n) is 11.1. The van der Waals surface area contributed by atoms with Crippen molar-refractivity contribution in [2.24, 2.45) is 0 Å². The Labute approximate surface area is 402 Å². The quantitative estimate of drug-likeness (QED) is 0.108. The third kappa shape index (κ3) is 12.7. The van der Waals surface area contributed by atoms with Crippen LogP contribution in [-0.4, -0.2) is 142 Å². The summed E-state index contributed by atoms with van der Waals surface area (Å²) in [7, 11) is 4.24. The van der Waals surface area contributed by atoms with Crippen LogP contribution in [0, 0.1) is 13.8 Å². The highest BCUT2D eigenvalue weighted by Gasteiger charge is 2.24. The molecule has 17 nitrogen and oxygen atoms in total. The molecule has 8 rings (SSSR count). The van der Waals surface area contributed by atoms with Crippen LogP contribution in [-0.2, 0) is 9.59 Å². The number of carbonyl (C=O) groups excluding carboxylic acids is 2. The van der Waals surface area contributed by atoms with Gasteiger partial charge in [-0.15, -0.1) is 0 Å². The number of β-amino-alcohol motifs (C(OH)–C–C–N with tert-alkyl or cyclic N) is 1. The van der Waals surface area contributed by atoms with Gasteiger partial charge >= 0.3 is 0 Å². The minimum atomic E-state index is -0.349. The van der Waals surface area contributed by atoms with Crippen molar-refractivity contribution in [1.82, 2.24) is 39.7 Å². The fourth-order valence-corrected chi connectivity index (χ4v) is 8.39. The van der Waals surface area contributed by atoms with Crippen molar-refractivity contribution in [3.05, 3.63) is 92.4 Å². The lowest BCUT2D eigenvalue weighted by Crippen LogP contribution is -2.47. The largest absolute Gasteiger partial charge is 0.482 e.